The molecule has 0 radical (unpaired) electrons. The third-order valence-electron chi connectivity index (χ3n) is 1.81. The van der Waals surface area contributed by atoms with Crippen molar-refractivity contribution in [3.8, 4) is 5.82 Å². The zero-order valence-corrected chi connectivity index (χ0v) is 9.96. The predicted octanol–water partition coefficient (Wildman–Crippen LogP) is 2.59. The van der Waals surface area contributed by atoms with E-state index < -0.39 is 5.56 Å². The fourth-order valence-electron chi connectivity index (χ4n) is 1.07. The van der Waals surface area contributed by atoms with Crippen LogP contribution in [-0.4, -0.2) is 14.8 Å². The molecule has 2 rings (SSSR count). The fourth-order valence-corrected chi connectivity index (χ4v) is 1.43. The van der Waals surface area contributed by atoms with Crippen LogP contribution in [0.2, 0.25) is 15.1 Å². The van der Waals surface area contributed by atoms with E-state index in [4.69, 9.17) is 34.8 Å². The van der Waals surface area contributed by atoms with E-state index in [9.17, 15) is 4.79 Å². The van der Waals surface area contributed by atoms with Gasteiger partial charge in [0.05, 0.1) is 16.2 Å². The molecule has 0 saturated heterocycles. The molecule has 0 spiro atoms. The van der Waals surface area contributed by atoms with E-state index in [2.05, 4.69) is 10.1 Å². The molecule has 7 heteroatoms. The topological polar surface area (TPSA) is 47.8 Å². The lowest BCUT2D eigenvalue weighted by molar-refractivity contribution is 0.782. The van der Waals surface area contributed by atoms with Gasteiger partial charge in [-0.15, -0.1) is 0 Å². The van der Waals surface area contributed by atoms with Gasteiger partial charge in [0, 0.05) is 6.20 Å². The average Bonchev–Trinajstić information content (AvgIpc) is 2.28. The van der Waals surface area contributed by atoms with Gasteiger partial charge >= 0.3 is 0 Å². The summed E-state index contributed by atoms with van der Waals surface area (Å²) < 4.78 is 1.05. The minimum Gasteiger partial charge on any atom is -0.266 e. The summed E-state index contributed by atoms with van der Waals surface area (Å²) in [7, 11) is 0. The van der Waals surface area contributed by atoms with Crippen molar-refractivity contribution >= 4 is 34.8 Å². The van der Waals surface area contributed by atoms with Crippen LogP contribution in [0, 0.1) is 0 Å². The van der Waals surface area contributed by atoms with Crippen LogP contribution in [0.5, 0.6) is 0 Å². The van der Waals surface area contributed by atoms with Crippen molar-refractivity contribution < 1.29 is 0 Å². The van der Waals surface area contributed by atoms with Crippen molar-refractivity contribution in [3.05, 3.63) is 49.9 Å². The molecule has 4 nitrogen and oxygen atoms in total. The molecule has 0 aliphatic heterocycles. The molecule has 0 aliphatic rings. The van der Waals surface area contributed by atoms with Gasteiger partial charge in [-0.25, -0.2) is 4.98 Å². The van der Waals surface area contributed by atoms with E-state index in [0.29, 0.717) is 10.8 Å². The van der Waals surface area contributed by atoms with Gasteiger partial charge in [-0.2, -0.15) is 9.78 Å². The Hall–Kier alpha value is -1.10. The van der Waals surface area contributed by atoms with Gasteiger partial charge < -0.3 is 0 Å². The highest BCUT2D eigenvalue weighted by Crippen LogP contribution is 2.16. The van der Waals surface area contributed by atoms with Crippen LogP contribution < -0.4 is 5.56 Å². The Morgan fingerprint density at radius 1 is 1.12 bits per heavy atom. The van der Waals surface area contributed by atoms with Crippen LogP contribution in [-0.2, 0) is 0 Å². The number of aromatic nitrogens is 3. The van der Waals surface area contributed by atoms with E-state index in [1.54, 1.807) is 12.1 Å². The predicted molar refractivity (Wildman–Crippen MR) is 62.7 cm³/mol. The first-order valence-corrected chi connectivity index (χ1v) is 5.28. The van der Waals surface area contributed by atoms with Crippen molar-refractivity contribution in [1.29, 1.82) is 0 Å². The molecule has 16 heavy (non-hydrogen) atoms. The van der Waals surface area contributed by atoms with Crippen molar-refractivity contribution in [1.82, 2.24) is 14.8 Å². The van der Waals surface area contributed by atoms with Crippen molar-refractivity contribution in [2.24, 2.45) is 0 Å². The lowest BCUT2D eigenvalue weighted by Crippen LogP contribution is -2.22. The molecule has 0 bridgehead atoms. The molecule has 0 amide bonds. The van der Waals surface area contributed by atoms with Crippen molar-refractivity contribution in [3.63, 3.8) is 0 Å². The first kappa shape index (κ1) is 11.4. The second kappa shape index (κ2) is 4.41. The average molecular weight is 277 g/mol. The maximum absolute atomic E-state index is 11.7. The Morgan fingerprint density at radius 2 is 1.88 bits per heavy atom. The summed E-state index contributed by atoms with van der Waals surface area (Å²) in [5, 5.41) is 4.31. The van der Waals surface area contributed by atoms with E-state index in [0.717, 1.165) is 4.68 Å². The van der Waals surface area contributed by atoms with Gasteiger partial charge in [0.25, 0.3) is 5.56 Å². The van der Waals surface area contributed by atoms with Crippen LogP contribution in [0.4, 0.5) is 0 Å². The van der Waals surface area contributed by atoms with Gasteiger partial charge in [-0.3, -0.25) is 4.79 Å². The molecular formula is C9H4Cl3N3O. The Kier molecular flexibility index (Phi) is 3.14. The lowest BCUT2D eigenvalue weighted by atomic mass is 10.4. The van der Waals surface area contributed by atoms with Crippen LogP contribution >= 0.6 is 34.8 Å². The summed E-state index contributed by atoms with van der Waals surface area (Å²) >= 11 is 17.0. The van der Waals surface area contributed by atoms with Crippen molar-refractivity contribution in [2.75, 3.05) is 0 Å². The van der Waals surface area contributed by atoms with E-state index in [1.807, 2.05) is 0 Å². The summed E-state index contributed by atoms with van der Waals surface area (Å²) in [5.41, 5.74) is -0.524. The molecule has 82 valence electrons. The molecule has 2 aromatic rings. The summed E-state index contributed by atoms with van der Waals surface area (Å²) in [5.74, 6) is 0.327. The quantitative estimate of drug-likeness (QED) is 0.804. The molecule has 0 atom stereocenters. The highest BCUT2D eigenvalue weighted by molar-refractivity contribution is 6.41. The Bertz CT molecular complexity index is 580. The molecule has 2 heterocycles. The number of rotatable bonds is 1. The largest absolute Gasteiger partial charge is 0.293 e. The summed E-state index contributed by atoms with van der Waals surface area (Å²) in [6.45, 7) is 0. The van der Waals surface area contributed by atoms with E-state index in [1.165, 1.54) is 12.4 Å². The lowest BCUT2D eigenvalue weighted by Gasteiger charge is -2.03. The number of halogens is 3. The van der Waals surface area contributed by atoms with Gasteiger partial charge in [0.2, 0.25) is 0 Å². The van der Waals surface area contributed by atoms with Crippen molar-refractivity contribution in [2.45, 2.75) is 0 Å². The van der Waals surface area contributed by atoms with E-state index in [-0.39, 0.29) is 10.0 Å². The maximum Gasteiger partial charge on any atom is 0.293 e. The van der Waals surface area contributed by atoms with Gasteiger partial charge in [-0.1, -0.05) is 34.8 Å². The second-order valence-electron chi connectivity index (χ2n) is 2.86. The number of hydrogen-bond donors (Lipinski definition) is 0. The summed E-state index contributed by atoms with van der Waals surface area (Å²) in [6.07, 6.45) is 2.69. The number of hydrogen-bond acceptors (Lipinski definition) is 3. The summed E-state index contributed by atoms with van der Waals surface area (Å²) in [6, 6.07) is 3.15. The highest BCUT2D eigenvalue weighted by atomic mass is 35.5. The normalized spacial score (nSPS) is 10.4. The minimum atomic E-state index is -0.524. The number of nitrogens with zero attached hydrogens (tertiary/aromatic N) is 3. The molecule has 0 saturated carbocycles. The second-order valence-corrected chi connectivity index (χ2v) is 4.08. The standard InChI is InChI=1S/C9H4Cl3N3O/c10-5-1-2-7(13-3-5)15-9(16)8(12)6(11)4-14-15/h1-4H. The Morgan fingerprint density at radius 3 is 2.50 bits per heavy atom. The number of pyridine rings is 1. The molecule has 0 aliphatic carbocycles. The Labute approximate surface area is 105 Å². The molecular weight excluding hydrogens is 272 g/mol. The molecule has 0 aromatic carbocycles. The van der Waals surface area contributed by atoms with Gasteiger partial charge in [0.1, 0.15) is 5.02 Å². The molecule has 2 aromatic heterocycles. The third kappa shape index (κ3) is 2.04. The van der Waals surface area contributed by atoms with Crippen LogP contribution in [0.15, 0.2) is 29.3 Å². The molecule has 0 N–H and O–H groups in total. The molecule has 0 fully saturated rings. The Balaban J connectivity index is 2.61. The first-order chi connectivity index (χ1) is 7.59. The van der Waals surface area contributed by atoms with Gasteiger partial charge in [0.15, 0.2) is 5.82 Å². The first-order valence-electron chi connectivity index (χ1n) is 4.15. The minimum absolute atomic E-state index is 0.0894. The van der Waals surface area contributed by atoms with Crippen LogP contribution in [0.1, 0.15) is 0 Å². The SMILES string of the molecule is O=c1c(Cl)c(Cl)cnn1-c1ccc(Cl)cn1. The third-order valence-corrected chi connectivity index (χ3v) is 2.78. The zero-order chi connectivity index (χ0) is 11.7. The monoisotopic (exact) mass is 275 g/mol. The maximum atomic E-state index is 11.7. The zero-order valence-electron chi connectivity index (χ0n) is 7.69. The van der Waals surface area contributed by atoms with Crippen LogP contribution in [0.25, 0.3) is 5.82 Å². The molecule has 0 unspecified atom stereocenters. The summed E-state index contributed by atoms with van der Waals surface area (Å²) in [4.78, 5) is 15.6. The highest BCUT2D eigenvalue weighted by Gasteiger charge is 2.09. The smallest absolute Gasteiger partial charge is 0.266 e. The fraction of sp³-hybridized carbons (Fsp3) is 0. The van der Waals surface area contributed by atoms with Crippen LogP contribution in [0.3, 0.4) is 0 Å². The van der Waals surface area contributed by atoms with E-state index >= 15 is 0 Å². The van der Waals surface area contributed by atoms with Gasteiger partial charge in [-0.05, 0) is 12.1 Å².